The predicted molar refractivity (Wildman–Crippen MR) is 90.6 cm³/mol. The van der Waals surface area contributed by atoms with Crippen molar-refractivity contribution in [2.45, 2.75) is 51.9 Å². The van der Waals surface area contributed by atoms with E-state index in [9.17, 15) is 5.11 Å². The summed E-state index contributed by atoms with van der Waals surface area (Å²) in [5.74, 6) is 0.435. The average molecular weight is 282 g/mol. The van der Waals surface area contributed by atoms with Crippen molar-refractivity contribution in [1.29, 1.82) is 0 Å². The first kappa shape index (κ1) is 15.6. The van der Waals surface area contributed by atoms with Crippen LogP contribution in [-0.4, -0.2) is 5.11 Å². The molecule has 0 saturated carbocycles. The minimum Gasteiger partial charge on any atom is -0.508 e. The lowest BCUT2D eigenvalue weighted by Gasteiger charge is -2.12. The molecule has 0 saturated heterocycles. The van der Waals surface area contributed by atoms with Gasteiger partial charge < -0.3 is 5.11 Å². The number of phenols is 1. The van der Waals surface area contributed by atoms with Gasteiger partial charge in [0.1, 0.15) is 5.75 Å². The van der Waals surface area contributed by atoms with Crippen molar-refractivity contribution in [3.8, 4) is 16.9 Å². The summed E-state index contributed by atoms with van der Waals surface area (Å²) in [7, 11) is 0. The normalized spacial score (nSPS) is 10.7. The number of hydrogen-bond donors (Lipinski definition) is 1. The van der Waals surface area contributed by atoms with Crippen molar-refractivity contribution < 1.29 is 5.11 Å². The molecule has 0 aliphatic heterocycles. The second-order valence-corrected chi connectivity index (χ2v) is 5.69. The van der Waals surface area contributed by atoms with Gasteiger partial charge in [0, 0.05) is 5.56 Å². The fraction of sp³-hybridized carbons (Fsp3) is 0.400. The molecule has 0 amide bonds. The Balaban J connectivity index is 2.02. The van der Waals surface area contributed by atoms with Gasteiger partial charge in [0.2, 0.25) is 0 Å². The van der Waals surface area contributed by atoms with Gasteiger partial charge in [-0.3, -0.25) is 0 Å². The number of rotatable bonds is 8. The highest BCUT2D eigenvalue weighted by Crippen LogP contribution is 2.31. The lowest BCUT2D eigenvalue weighted by molar-refractivity contribution is 0.466. The van der Waals surface area contributed by atoms with Crippen LogP contribution < -0.4 is 0 Å². The molecule has 0 aromatic heterocycles. The number of phenolic OH excluding ortho intramolecular Hbond substituents is 1. The zero-order valence-corrected chi connectivity index (χ0v) is 13.0. The maximum atomic E-state index is 10.2. The van der Waals surface area contributed by atoms with E-state index >= 15 is 0 Å². The SMILES string of the molecule is CCCCCCCCc1c(O)cccc1-c1ccccc1. The van der Waals surface area contributed by atoms with Crippen LogP contribution >= 0.6 is 0 Å². The summed E-state index contributed by atoms with van der Waals surface area (Å²) in [6.45, 7) is 2.24. The highest BCUT2D eigenvalue weighted by Gasteiger charge is 2.09. The summed E-state index contributed by atoms with van der Waals surface area (Å²) in [6.07, 6.45) is 8.64. The minimum atomic E-state index is 0.435. The Morgan fingerprint density at radius 1 is 0.762 bits per heavy atom. The maximum Gasteiger partial charge on any atom is 0.119 e. The number of benzene rings is 2. The van der Waals surface area contributed by atoms with Crippen LogP contribution in [0.4, 0.5) is 0 Å². The zero-order valence-electron chi connectivity index (χ0n) is 13.0. The Kier molecular flexibility index (Phi) is 6.33. The monoisotopic (exact) mass is 282 g/mol. The Bertz CT molecular complexity index is 531. The lowest BCUT2D eigenvalue weighted by Crippen LogP contribution is -1.92. The quantitative estimate of drug-likeness (QED) is 0.592. The second-order valence-electron chi connectivity index (χ2n) is 5.69. The summed E-state index contributed by atoms with van der Waals surface area (Å²) in [6, 6.07) is 16.2. The molecule has 0 bridgehead atoms. The minimum absolute atomic E-state index is 0.435. The first-order valence-electron chi connectivity index (χ1n) is 8.19. The highest BCUT2D eigenvalue weighted by molar-refractivity contribution is 5.69. The highest BCUT2D eigenvalue weighted by atomic mass is 16.3. The van der Waals surface area contributed by atoms with E-state index < -0.39 is 0 Å². The van der Waals surface area contributed by atoms with Gasteiger partial charge in [-0.25, -0.2) is 0 Å². The van der Waals surface area contributed by atoms with Gasteiger partial charge in [-0.15, -0.1) is 0 Å². The van der Waals surface area contributed by atoms with Crippen molar-refractivity contribution in [3.05, 3.63) is 54.1 Å². The molecular weight excluding hydrogens is 256 g/mol. The number of hydrogen-bond acceptors (Lipinski definition) is 1. The molecule has 0 atom stereocenters. The molecule has 2 aromatic carbocycles. The third-order valence-corrected chi connectivity index (χ3v) is 4.02. The molecule has 0 aliphatic rings. The fourth-order valence-corrected chi connectivity index (χ4v) is 2.81. The van der Waals surface area contributed by atoms with Crippen LogP contribution in [0.1, 0.15) is 51.0 Å². The van der Waals surface area contributed by atoms with Gasteiger partial charge in [0.15, 0.2) is 0 Å². The van der Waals surface area contributed by atoms with Crippen molar-refractivity contribution in [3.63, 3.8) is 0 Å². The zero-order chi connectivity index (χ0) is 14.9. The summed E-state index contributed by atoms with van der Waals surface area (Å²) in [5, 5.41) is 10.2. The van der Waals surface area contributed by atoms with Crippen molar-refractivity contribution >= 4 is 0 Å². The predicted octanol–water partition coefficient (Wildman–Crippen LogP) is 5.96. The number of aromatic hydroxyl groups is 1. The third-order valence-electron chi connectivity index (χ3n) is 4.02. The molecular formula is C20H26O. The number of unbranched alkanes of at least 4 members (excludes halogenated alkanes) is 5. The standard InChI is InChI=1S/C20H26O/c1-2-3-4-5-6-10-14-19-18(15-11-16-20(19)21)17-12-8-7-9-13-17/h7-9,11-13,15-16,21H,2-6,10,14H2,1H3. The molecule has 112 valence electrons. The van der Waals surface area contributed by atoms with E-state index in [1.165, 1.54) is 43.2 Å². The Hall–Kier alpha value is -1.76. The van der Waals surface area contributed by atoms with Gasteiger partial charge in [-0.1, -0.05) is 81.5 Å². The van der Waals surface area contributed by atoms with E-state index in [4.69, 9.17) is 0 Å². The molecule has 2 aromatic rings. The molecule has 0 unspecified atom stereocenters. The molecule has 0 heterocycles. The largest absolute Gasteiger partial charge is 0.508 e. The molecule has 1 heteroatoms. The van der Waals surface area contributed by atoms with E-state index in [0.717, 1.165) is 18.4 Å². The molecule has 0 spiro atoms. The van der Waals surface area contributed by atoms with E-state index in [1.807, 2.05) is 24.3 Å². The van der Waals surface area contributed by atoms with Gasteiger partial charge in [-0.05, 0) is 30.0 Å². The Morgan fingerprint density at radius 3 is 2.24 bits per heavy atom. The Labute approximate surface area is 128 Å². The fourth-order valence-electron chi connectivity index (χ4n) is 2.81. The van der Waals surface area contributed by atoms with Gasteiger partial charge in [0.05, 0.1) is 0 Å². The van der Waals surface area contributed by atoms with Crippen molar-refractivity contribution in [2.24, 2.45) is 0 Å². The topological polar surface area (TPSA) is 20.2 Å². The van der Waals surface area contributed by atoms with Gasteiger partial charge >= 0.3 is 0 Å². The summed E-state index contributed by atoms with van der Waals surface area (Å²) >= 11 is 0. The van der Waals surface area contributed by atoms with Gasteiger partial charge in [-0.2, -0.15) is 0 Å². The first-order valence-corrected chi connectivity index (χ1v) is 8.19. The Morgan fingerprint density at radius 2 is 1.48 bits per heavy atom. The van der Waals surface area contributed by atoms with Crippen molar-refractivity contribution in [1.82, 2.24) is 0 Å². The van der Waals surface area contributed by atoms with Crippen LogP contribution in [0.3, 0.4) is 0 Å². The van der Waals surface area contributed by atoms with E-state index in [2.05, 4.69) is 25.1 Å². The third kappa shape index (κ3) is 4.63. The molecule has 0 radical (unpaired) electrons. The maximum absolute atomic E-state index is 10.2. The molecule has 1 N–H and O–H groups in total. The average Bonchev–Trinajstić information content (AvgIpc) is 2.53. The summed E-state index contributed by atoms with van der Waals surface area (Å²) in [4.78, 5) is 0. The van der Waals surface area contributed by atoms with E-state index in [0.29, 0.717) is 5.75 Å². The smallest absolute Gasteiger partial charge is 0.119 e. The van der Waals surface area contributed by atoms with Crippen LogP contribution in [0.15, 0.2) is 48.5 Å². The first-order chi connectivity index (χ1) is 10.3. The van der Waals surface area contributed by atoms with Crippen LogP contribution in [0.2, 0.25) is 0 Å². The van der Waals surface area contributed by atoms with Crippen LogP contribution in [-0.2, 0) is 6.42 Å². The van der Waals surface area contributed by atoms with Crippen LogP contribution in [0.5, 0.6) is 5.75 Å². The van der Waals surface area contributed by atoms with Crippen LogP contribution in [0.25, 0.3) is 11.1 Å². The summed E-state index contributed by atoms with van der Waals surface area (Å²) in [5.41, 5.74) is 3.46. The van der Waals surface area contributed by atoms with Crippen LogP contribution in [0, 0.1) is 0 Å². The molecule has 1 nitrogen and oxygen atoms in total. The molecule has 0 fully saturated rings. The molecule has 21 heavy (non-hydrogen) atoms. The molecule has 2 rings (SSSR count). The van der Waals surface area contributed by atoms with E-state index in [-0.39, 0.29) is 0 Å². The van der Waals surface area contributed by atoms with E-state index in [1.54, 1.807) is 6.07 Å². The molecule has 0 aliphatic carbocycles. The van der Waals surface area contributed by atoms with Crippen molar-refractivity contribution in [2.75, 3.05) is 0 Å². The second kappa shape index (κ2) is 8.51. The van der Waals surface area contributed by atoms with Gasteiger partial charge in [0.25, 0.3) is 0 Å². The lowest BCUT2D eigenvalue weighted by atomic mass is 9.95. The summed E-state index contributed by atoms with van der Waals surface area (Å²) < 4.78 is 0.